The maximum absolute atomic E-state index is 7.05. The van der Waals surface area contributed by atoms with E-state index in [1.807, 2.05) is 19.9 Å². The summed E-state index contributed by atoms with van der Waals surface area (Å²) < 4.78 is 0. The highest BCUT2D eigenvalue weighted by molar-refractivity contribution is 5.83. The van der Waals surface area contributed by atoms with Crippen molar-refractivity contribution in [1.82, 2.24) is 10.2 Å². The monoisotopic (exact) mass is 149 g/mol. The number of aromatic amines is 1. The SMILES string of the molecule is C/C=C(/C)c1cn[nH]c1C=N. The van der Waals surface area contributed by atoms with Crippen molar-refractivity contribution in [2.75, 3.05) is 0 Å². The Balaban J connectivity index is 3.12. The van der Waals surface area contributed by atoms with Gasteiger partial charge < -0.3 is 5.41 Å². The zero-order chi connectivity index (χ0) is 8.27. The van der Waals surface area contributed by atoms with Gasteiger partial charge in [0.15, 0.2) is 0 Å². The minimum Gasteiger partial charge on any atom is -0.307 e. The number of aromatic nitrogens is 2. The molecule has 0 aromatic carbocycles. The predicted molar refractivity (Wildman–Crippen MR) is 45.8 cm³/mol. The van der Waals surface area contributed by atoms with Crippen molar-refractivity contribution >= 4 is 11.8 Å². The van der Waals surface area contributed by atoms with E-state index < -0.39 is 0 Å². The molecular formula is C8H11N3. The van der Waals surface area contributed by atoms with Crippen molar-refractivity contribution < 1.29 is 0 Å². The summed E-state index contributed by atoms with van der Waals surface area (Å²) in [6.45, 7) is 3.97. The van der Waals surface area contributed by atoms with Gasteiger partial charge in [-0.05, 0) is 19.4 Å². The lowest BCUT2D eigenvalue weighted by atomic mass is 10.1. The Hall–Kier alpha value is -1.38. The van der Waals surface area contributed by atoms with Crippen LogP contribution >= 0.6 is 0 Å². The van der Waals surface area contributed by atoms with Crippen LogP contribution in [-0.4, -0.2) is 16.4 Å². The molecule has 0 saturated heterocycles. The van der Waals surface area contributed by atoms with Crippen molar-refractivity contribution in [2.45, 2.75) is 13.8 Å². The molecule has 1 aromatic rings. The molecule has 0 radical (unpaired) electrons. The summed E-state index contributed by atoms with van der Waals surface area (Å²) in [5.41, 5.74) is 2.90. The van der Waals surface area contributed by atoms with Crippen LogP contribution in [-0.2, 0) is 0 Å². The number of nitrogens with one attached hydrogen (secondary N) is 2. The summed E-state index contributed by atoms with van der Waals surface area (Å²) in [5.74, 6) is 0. The molecule has 2 N–H and O–H groups in total. The Labute approximate surface area is 65.6 Å². The molecule has 0 bridgehead atoms. The smallest absolute Gasteiger partial charge is 0.0828 e. The number of hydrogen-bond donors (Lipinski definition) is 2. The van der Waals surface area contributed by atoms with Crippen LogP contribution in [0.1, 0.15) is 25.1 Å². The molecule has 0 unspecified atom stereocenters. The van der Waals surface area contributed by atoms with Crippen LogP contribution in [0.2, 0.25) is 0 Å². The Morgan fingerprint density at radius 2 is 2.45 bits per heavy atom. The van der Waals surface area contributed by atoms with E-state index in [1.165, 1.54) is 6.21 Å². The van der Waals surface area contributed by atoms with E-state index in [9.17, 15) is 0 Å². The Bertz CT molecular complexity index is 283. The first-order valence-electron chi connectivity index (χ1n) is 3.46. The van der Waals surface area contributed by atoms with Crippen molar-refractivity contribution in [2.24, 2.45) is 0 Å². The van der Waals surface area contributed by atoms with Gasteiger partial charge in [-0.2, -0.15) is 5.10 Å². The van der Waals surface area contributed by atoms with E-state index in [-0.39, 0.29) is 0 Å². The minimum absolute atomic E-state index is 0.764. The summed E-state index contributed by atoms with van der Waals surface area (Å²) in [6, 6.07) is 0. The van der Waals surface area contributed by atoms with Crippen LogP contribution in [0, 0.1) is 5.41 Å². The third-order valence-electron chi connectivity index (χ3n) is 1.67. The maximum atomic E-state index is 7.05. The van der Waals surface area contributed by atoms with E-state index in [0.717, 1.165) is 16.8 Å². The number of H-pyrrole nitrogens is 1. The molecule has 3 nitrogen and oxygen atoms in total. The Morgan fingerprint density at radius 3 is 3.00 bits per heavy atom. The molecule has 0 saturated carbocycles. The topological polar surface area (TPSA) is 52.5 Å². The second kappa shape index (κ2) is 3.14. The number of nitrogens with zero attached hydrogens (tertiary/aromatic N) is 1. The Kier molecular flexibility index (Phi) is 2.21. The predicted octanol–water partition coefficient (Wildman–Crippen LogP) is 1.83. The second-order valence-electron chi connectivity index (χ2n) is 2.31. The highest BCUT2D eigenvalue weighted by Crippen LogP contribution is 2.13. The van der Waals surface area contributed by atoms with E-state index >= 15 is 0 Å². The fourth-order valence-electron chi connectivity index (χ4n) is 0.876. The number of allylic oxidation sites excluding steroid dienone is 2. The Morgan fingerprint density at radius 1 is 1.73 bits per heavy atom. The van der Waals surface area contributed by atoms with Gasteiger partial charge in [0.25, 0.3) is 0 Å². The summed E-state index contributed by atoms with van der Waals surface area (Å²) >= 11 is 0. The molecule has 3 heteroatoms. The molecule has 0 spiro atoms. The van der Waals surface area contributed by atoms with Crippen molar-refractivity contribution in [1.29, 1.82) is 5.41 Å². The van der Waals surface area contributed by atoms with Gasteiger partial charge in [-0.15, -0.1) is 0 Å². The van der Waals surface area contributed by atoms with Crippen molar-refractivity contribution in [3.05, 3.63) is 23.5 Å². The van der Waals surface area contributed by atoms with Crippen LogP contribution in [0.25, 0.3) is 5.57 Å². The maximum Gasteiger partial charge on any atom is 0.0828 e. The average molecular weight is 149 g/mol. The largest absolute Gasteiger partial charge is 0.307 e. The molecule has 1 rings (SSSR count). The van der Waals surface area contributed by atoms with Crippen LogP contribution in [0.3, 0.4) is 0 Å². The summed E-state index contributed by atoms with van der Waals surface area (Å²) in [4.78, 5) is 0. The first-order chi connectivity index (χ1) is 5.29. The molecule has 0 atom stereocenters. The molecule has 0 aliphatic carbocycles. The zero-order valence-electron chi connectivity index (χ0n) is 6.68. The van der Waals surface area contributed by atoms with Gasteiger partial charge in [-0.3, -0.25) is 5.10 Å². The molecule has 0 fully saturated rings. The van der Waals surface area contributed by atoms with Crippen LogP contribution in [0.4, 0.5) is 0 Å². The quantitative estimate of drug-likeness (QED) is 0.619. The molecule has 58 valence electrons. The lowest BCUT2D eigenvalue weighted by Crippen LogP contribution is -1.85. The van der Waals surface area contributed by atoms with Crippen LogP contribution in [0.15, 0.2) is 12.3 Å². The third-order valence-corrected chi connectivity index (χ3v) is 1.67. The van der Waals surface area contributed by atoms with Crippen molar-refractivity contribution in [3.63, 3.8) is 0 Å². The fourth-order valence-corrected chi connectivity index (χ4v) is 0.876. The van der Waals surface area contributed by atoms with Crippen LogP contribution in [0.5, 0.6) is 0 Å². The number of rotatable bonds is 2. The van der Waals surface area contributed by atoms with Crippen molar-refractivity contribution in [3.8, 4) is 0 Å². The number of hydrogen-bond acceptors (Lipinski definition) is 2. The lowest BCUT2D eigenvalue weighted by molar-refractivity contribution is 1.08. The first kappa shape index (κ1) is 7.72. The summed E-state index contributed by atoms with van der Waals surface area (Å²) in [7, 11) is 0. The van der Waals surface area contributed by atoms with Gasteiger partial charge in [-0.25, -0.2) is 0 Å². The molecule has 1 heterocycles. The average Bonchev–Trinajstić information content (AvgIpc) is 2.50. The van der Waals surface area contributed by atoms with Gasteiger partial charge in [0.1, 0.15) is 0 Å². The first-order valence-corrected chi connectivity index (χ1v) is 3.46. The molecular weight excluding hydrogens is 138 g/mol. The third kappa shape index (κ3) is 1.37. The highest BCUT2D eigenvalue weighted by atomic mass is 15.1. The van der Waals surface area contributed by atoms with E-state index in [4.69, 9.17) is 5.41 Å². The highest BCUT2D eigenvalue weighted by Gasteiger charge is 2.01. The molecule has 0 amide bonds. The van der Waals surface area contributed by atoms with Gasteiger partial charge in [0.05, 0.1) is 11.9 Å². The zero-order valence-corrected chi connectivity index (χ0v) is 6.68. The minimum atomic E-state index is 0.764. The van der Waals surface area contributed by atoms with Gasteiger partial charge in [-0.1, -0.05) is 6.08 Å². The standard InChI is InChI=1S/C8H11N3/c1-3-6(2)7-5-10-11-8(7)4-9/h3-5,9H,1-2H3,(H,10,11)/b6-3-,9-4?. The van der Waals surface area contributed by atoms with E-state index in [0.29, 0.717) is 0 Å². The summed E-state index contributed by atoms with van der Waals surface area (Å²) in [6.07, 6.45) is 5.00. The normalized spacial score (nSPS) is 11.6. The molecule has 1 aromatic heterocycles. The molecule has 11 heavy (non-hydrogen) atoms. The summed E-state index contributed by atoms with van der Waals surface area (Å²) in [5, 5.41) is 13.6. The fraction of sp³-hybridized carbons (Fsp3) is 0.250. The van der Waals surface area contributed by atoms with E-state index in [2.05, 4.69) is 10.2 Å². The van der Waals surface area contributed by atoms with Crippen LogP contribution < -0.4 is 0 Å². The lowest BCUT2D eigenvalue weighted by Gasteiger charge is -1.95. The molecule has 0 aliphatic heterocycles. The second-order valence-corrected chi connectivity index (χ2v) is 2.31. The molecule has 0 aliphatic rings. The van der Waals surface area contributed by atoms with E-state index in [1.54, 1.807) is 6.20 Å². The van der Waals surface area contributed by atoms with Gasteiger partial charge in [0.2, 0.25) is 0 Å². The van der Waals surface area contributed by atoms with Gasteiger partial charge in [0, 0.05) is 11.8 Å². The van der Waals surface area contributed by atoms with Gasteiger partial charge >= 0.3 is 0 Å².